The molecule has 4 nitrogen and oxygen atoms in total. The number of halogens is 1. The van der Waals surface area contributed by atoms with Crippen molar-refractivity contribution in [2.45, 2.75) is 6.10 Å². The van der Waals surface area contributed by atoms with Crippen LogP contribution in [-0.2, 0) is 27.7 Å². The van der Waals surface area contributed by atoms with Crippen molar-refractivity contribution >= 4 is 33.6 Å². The summed E-state index contributed by atoms with van der Waals surface area (Å²) in [7, 11) is 4.20. The Morgan fingerprint density at radius 2 is 1.50 bits per heavy atom. The molecule has 2 aromatic carbocycles. The second kappa shape index (κ2) is 10.3. The molecule has 0 amide bonds. The summed E-state index contributed by atoms with van der Waals surface area (Å²) in [5.74, 6) is 0. The van der Waals surface area contributed by atoms with E-state index in [0.717, 1.165) is 11.1 Å². The van der Waals surface area contributed by atoms with E-state index in [2.05, 4.69) is 48.0 Å². The molecule has 22 heavy (non-hydrogen) atoms. The van der Waals surface area contributed by atoms with Gasteiger partial charge in [-0.15, -0.1) is 0 Å². The first-order valence-corrected chi connectivity index (χ1v) is 7.86. The number of nitrogens with two attached hydrogens (primary N) is 1. The molecule has 0 spiro atoms. The van der Waals surface area contributed by atoms with Crippen molar-refractivity contribution in [2.75, 3.05) is 0 Å². The van der Waals surface area contributed by atoms with Gasteiger partial charge in [0.15, 0.2) is 0 Å². The molecule has 1 unspecified atom stereocenters. The molecule has 0 aliphatic rings. The average Bonchev–Trinajstić information content (AvgIpc) is 2.58. The van der Waals surface area contributed by atoms with Crippen molar-refractivity contribution in [3.63, 3.8) is 0 Å². The van der Waals surface area contributed by atoms with Crippen LogP contribution >= 0.6 is 10.1 Å². The monoisotopic (exact) mass is 382 g/mol. The number of amidine groups is 1. The molecular weight excluding hydrogens is 369 g/mol. The van der Waals surface area contributed by atoms with Crippen molar-refractivity contribution in [3.05, 3.63) is 71.8 Å². The molecule has 1 atom stereocenters. The summed E-state index contributed by atoms with van der Waals surface area (Å²) >= 11 is 8.35. The van der Waals surface area contributed by atoms with Gasteiger partial charge in [0.2, 0.25) is 0 Å². The van der Waals surface area contributed by atoms with Gasteiger partial charge in [0, 0.05) is 5.56 Å². The summed E-state index contributed by atoms with van der Waals surface area (Å²) in [5, 5.41) is 18.1. The second-order valence-electron chi connectivity index (χ2n) is 4.10. The molecule has 2 rings (SSSR count). The van der Waals surface area contributed by atoms with Crippen molar-refractivity contribution in [2.24, 2.45) is 15.9 Å². The van der Waals surface area contributed by atoms with Crippen molar-refractivity contribution in [1.29, 1.82) is 0 Å². The van der Waals surface area contributed by atoms with Gasteiger partial charge in [-0.05, 0) is 10.7 Å². The number of aliphatic hydroxyl groups is 1. The van der Waals surface area contributed by atoms with Crippen LogP contribution in [0.5, 0.6) is 0 Å². The van der Waals surface area contributed by atoms with Gasteiger partial charge in [0.1, 0.15) is 11.8 Å². The number of aliphatic hydroxyl groups excluding tert-OH is 1. The molecular formula is C15H14ClCuN3OS. The quantitative estimate of drug-likeness (QED) is 0.280. The third-order valence-electron chi connectivity index (χ3n) is 2.70. The molecule has 0 saturated carbocycles. The van der Waals surface area contributed by atoms with E-state index < -0.39 is 6.10 Å². The van der Waals surface area contributed by atoms with Crippen LogP contribution in [0, 0.1) is 0 Å². The van der Waals surface area contributed by atoms with Gasteiger partial charge < -0.3 is 23.5 Å². The first-order valence-electron chi connectivity index (χ1n) is 6.16. The Bertz CT molecular complexity index is 619. The Hall–Kier alpha value is -1.43. The molecule has 0 heterocycles. The molecule has 3 N–H and O–H groups in total. The molecule has 0 aliphatic heterocycles. The maximum atomic E-state index is 10.5. The van der Waals surface area contributed by atoms with Gasteiger partial charge in [-0.1, -0.05) is 60.7 Å². The van der Waals surface area contributed by atoms with Crippen LogP contribution in [0.2, 0.25) is 0 Å². The van der Waals surface area contributed by atoms with Gasteiger partial charge in [-0.25, -0.2) is 0 Å². The Kier molecular flexibility index (Phi) is 8.73. The first kappa shape index (κ1) is 18.6. The number of rotatable bonds is 4. The number of benzene rings is 2. The van der Waals surface area contributed by atoms with Crippen LogP contribution in [-0.4, -0.2) is 16.0 Å². The van der Waals surface area contributed by atoms with Crippen molar-refractivity contribution < 1.29 is 20.2 Å². The van der Waals surface area contributed by atoms with Crippen LogP contribution in [0.1, 0.15) is 17.2 Å². The Morgan fingerprint density at radius 1 is 1.00 bits per heavy atom. The molecule has 0 bridgehead atoms. The van der Waals surface area contributed by atoms with Gasteiger partial charge in [0.05, 0.1) is 0 Å². The predicted octanol–water partition coefficient (Wildman–Crippen LogP) is 2.67. The minimum absolute atomic E-state index is 0.0707. The summed E-state index contributed by atoms with van der Waals surface area (Å²) < 4.78 is 0. The van der Waals surface area contributed by atoms with E-state index in [0.29, 0.717) is 5.71 Å². The molecule has 119 valence electrons. The standard InChI is InChI=1S/C15H15N3OS.ClH.Cu/c16-15(20)18-17-13(11-7-3-1-4-8-11)14(19)12-9-5-2-6-10-12;;/h1-10,14,19H,(H3,16,18,20);1H;/q;;+2/p-2/b17-13+;;. The van der Waals surface area contributed by atoms with Crippen LogP contribution in [0.3, 0.4) is 0 Å². The van der Waals surface area contributed by atoms with Gasteiger partial charge in [-0.3, -0.25) is 0 Å². The number of hydrogen-bond acceptors (Lipinski definition) is 4. The van der Waals surface area contributed by atoms with E-state index in [-0.39, 0.29) is 5.17 Å². The summed E-state index contributed by atoms with van der Waals surface area (Å²) in [4.78, 5) is 0. The summed E-state index contributed by atoms with van der Waals surface area (Å²) in [6, 6.07) is 18.5. The third-order valence-corrected chi connectivity index (χ3v) is 2.78. The fourth-order valence-corrected chi connectivity index (χ4v) is 1.82. The van der Waals surface area contributed by atoms with Crippen LogP contribution in [0.15, 0.2) is 70.9 Å². The van der Waals surface area contributed by atoms with E-state index in [4.69, 9.17) is 5.73 Å². The van der Waals surface area contributed by atoms with Crippen molar-refractivity contribution in [1.82, 2.24) is 0 Å². The van der Waals surface area contributed by atoms with E-state index in [1.54, 1.807) is 0 Å². The molecule has 0 aromatic heterocycles. The molecule has 7 heteroatoms. The fraction of sp³-hybridized carbons (Fsp3) is 0.0667. The van der Waals surface area contributed by atoms with E-state index in [1.165, 1.54) is 0 Å². The van der Waals surface area contributed by atoms with Gasteiger partial charge in [-0.2, -0.15) is 10.2 Å². The molecule has 0 radical (unpaired) electrons. The Morgan fingerprint density at radius 3 is 2.00 bits per heavy atom. The minimum atomic E-state index is -0.892. The first-order chi connectivity index (χ1) is 10.7. The SMILES string of the molecule is N/C([S-])=N/N=C(\c1ccccc1)C(O)c1ccccc1.[Cl][Cu+]. The van der Waals surface area contributed by atoms with Crippen molar-refractivity contribution in [3.8, 4) is 0 Å². The normalized spacial score (nSPS) is 13.1. The summed E-state index contributed by atoms with van der Waals surface area (Å²) in [6.45, 7) is 0. The second-order valence-corrected chi connectivity index (χ2v) is 4.52. The Balaban J connectivity index is 0.00000116. The van der Waals surface area contributed by atoms with Gasteiger partial charge in [0.25, 0.3) is 0 Å². The third kappa shape index (κ3) is 5.75. The Labute approximate surface area is 147 Å². The molecule has 0 saturated heterocycles. The van der Waals surface area contributed by atoms with Crippen LogP contribution in [0.4, 0.5) is 0 Å². The average molecular weight is 383 g/mol. The number of hydrogen-bond donors (Lipinski definition) is 2. The summed E-state index contributed by atoms with van der Waals surface area (Å²) in [5.41, 5.74) is 7.24. The molecule has 2 aromatic rings. The van der Waals surface area contributed by atoms with Gasteiger partial charge >= 0.3 is 25.2 Å². The molecule has 0 aliphatic carbocycles. The zero-order chi connectivity index (χ0) is 16.4. The topological polar surface area (TPSA) is 71.0 Å². The summed E-state index contributed by atoms with van der Waals surface area (Å²) in [6.07, 6.45) is -0.892. The zero-order valence-electron chi connectivity index (χ0n) is 11.4. The number of nitrogens with zero attached hydrogens (tertiary/aromatic N) is 2. The van der Waals surface area contributed by atoms with Crippen LogP contribution < -0.4 is 5.73 Å². The van der Waals surface area contributed by atoms with E-state index in [1.807, 2.05) is 60.7 Å². The van der Waals surface area contributed by atoms with E-state index >= 15 is 0 Å². The van der Waals surface area contributed by atoms with Crippen LogP contribution in [0.25, 0.3) is 0 Å². The maximum absolute atomic E-state index is 10.5. The predicted molar refractivity (Wildman–Crippen MR) is 89.2 cm³/mol. The molecule has 0 fully saturated rings. The fourth-order valence-electron chi connectivity index (χ4n) is 1.78. The zero-order valence-corrected chi connectivity index (χ0v) is 13.9. The van der Waals surface area contributed by atoms with E-state index in [9.17, 15) is 5.11 Å².